The van der Waals surface area contributed by atoms with Crippen LogP contribution < -0.4 is 4.74 Å². The summed E-state index contributed by atoms with van der Waals surface area (Å²) in [6.45, 7) is 0.796. The van der Waals surface area contributed by atoms with Crippen LogP contribution in [-0.4, -0.2) is 50.4 Å². The van der Waals surface area contributed by atoms with Crippen LogP contribution in [0, 0.1) is 5.92 Å². The number of carbonyl (C=O) groups excluding carboxylic acids is 1. The summed E-state index contributed by atoms with van der Waals surface area (Å²) in [5, 5.41) is 0.0468. The normalized spacial score (nSPS) is 26.7. The molecule has 1 aromatic carbocycles. The standard InChI is InChI=1S/C14H16ClNO4S/c1-20-12-6-9(2-3-11(12)15)14(17)16-7-10-4-5-21(18,19)13(10)8-16/h2-3,6,10,13H,4-5,7-8H2,1H3/t10-,13+/m0/s1. The number of amides is 1. The lowest BCUT2D eigenvalue weighted by atomic mass is 10.1. The van der Waals surface area contributed by atoms with Crippen molar-refractivity contribution in [1.82, 2.24) is 4.90 Å². The number of methoxy groups -OCH3 is 1. The minimum absolute atomic E-state index is 0.0770. The van der Waals surface area contributed by atoms with E-state index in [0.29, 0.717) is 29.3 Å². The monoisotopic (exact) mass is 329 g/mol. The van der Waals surface area contributed by atoms with E-state index in [1.165, 1.54) is 7.11 Å². The van der Waals surface area contributed by atoms with Crippen LogP contribution in [0.5, 0.6) is 5.75 Å². The number of ether oxygens (including phenoxy) is 1. The Morgan fingerprint density at radius 3 is 2.81 bits per heavy atom. The Balaban J connectivity index is 1.81. The fourth-order valence-corrected chi connectivity index (χ4v) is 5.48. The molecule has 0 N–H and O–H groups in total. The predicted molar refractivity (Wildman–Crippen MR) is 79.6 cm³/mol. The largest absolute Gasteiger partial charge is 0.495 e. The summed E-state index contributed by atoms with van der Waals surface area (Å²) in [6, 6.07) is 4.84. The third-order valence-corrected chi connectivity index (χ3v) is 6.87. The highest BCUT2D eigenvalue weighted by Crippen LogP contribution is 2.34. The molecule has 2 aliphatic heterocycles. The van der Waals surface area contributed by atoms with Crippen molar-refractivity contribution >= 4 is 27.3 Å². The van der Waals surface area contributed by atoms with E-state index in [9.17, 15) is 13.2 Å². The van der Waals surface area contributed by atoms with E-state index in [0.717, 1.165) is 0 Å². The Morgan fingerprint density at radius 1 is 1.38 bits per heavy atom. The summed E-state index contributed by atoms with van der Waals surface area (Å²) in [4.78, 5) is 14.1. The molecule has 0 bridgehead atoms. The lowest BCUT2D eigenvalue weighted by molar-refractivity contribution is 0.0786. The molecule has 21 heavy (non-hydrogen) atoms. The maximum Gasteiger partial charge on any atom is 0.254 e. The van der Waals surface area contributed by atoms with Crippen LogP contribution in [0.2, 0.25) is 5.02 Å². The first-order chi connectivity index (χ1) is 9.92. The average molecular weight is 330 g/mol. The molecule has 114 valence electrons. The lowest BCUT2D eigenvalue weighted by Crippen LogP contribution is -2.32. The van der Waals surface area contributed by atoms with Gasteiger partial charge in [-0.25, -0.2) is 8.42 Å². The van der Waals surface area contributed by atoms with Crippen LogP contribution in [-0.2, 0) is 9.84 Å². The Hall–Kier alpha value is -1.27. The molecule has 0 aromatic heterocycles. The molecule has 2 heterocycles. The Morgan fingerprint density at radius 2 is 2.14 bits per heavy atom. The van der Waals surface area contributed by atoms with Crippen LogP contribution >= 0.6 is 11.6 Å². The highest BCUT2D eigenvalue weighted by molar-refractivity contribution is 7.92. The number of halogens is 1. The van der Waals surface area contributed by atoms with Gasteiger partial charge in [0, 0.05) is 18.7 Å². The van der Waals surface area contributed by atoms with Crippen molar-refractivity contribution in [2.75, 3.05) is 26.0 Å². The minimum atomic E-state index is -3.03. The highest BCUT2D eigenvalue weighted by atomic mass is 35.5. The Labute approximate surface area is 128 Å². The van der Waals surface area contributed by atoms with E-state index in [4.69, 9.17) is 16.3 Å². The summed E-state index contributed by atoms with van der Waals surface area (Å²) in [6.07, 6.45) is 0.653. The first kappa shape index (κ1) is 14.7. The van der Waals surface area contributed by atoms with Gasteiger partial charge in [0.1, 0.15) is 5.75 Å². The number of likely N-dealkylation sites (tertiary alicyclic amines) is 1. The second kappa shape index (κ2) is 5.18. The van der Waals surface area contributed by atoms with Gasteiger partial charge in [-0.05, 0) is 30.5 Å². The number of nitrogens with zero attached hydrogens (tertiary/aromatic N) is 1. The fraction of sp³-hybridized carbons (Fsp3) is 0.500. The van der Waals surface area contributed by atoms with Crippen molar-refractivity contribution in [1.29, 1.82) is 0 Å². The van der Waals surface area contributed by atoms with Crippen LogP contribution in [0.15, 0.2) is 18.2 Å². The Bertz CT molecular complexity index is 688. The predicted octanol–water partition coefficient (Wildman–Crippen LogP) is 1.61. The SMILES string of the molecule is COc1cc(C(=O)N2C[C@@H]3CCS(=O)(=O)[C@@H]3C2)ccc1Cl. The van der Waals surface area contributed by atoms with Gasteiger partial charge in [-0.15, -0.1) is 0 Å². The van der Waals surface area contributed by atoms with E-state index in [-0.39, 0.29) is 24.1 Å². The molecule has 0 aliphatic carbocycles. The van der Waals surface area contributed by atoms with E-state index in [2.05, 4.69) is 0 Å². The average Bonchev–Trinajstić information content (AvgIpc) is 3.00. The molecular weight excluding hydrogens is 314 g/mol. The summed E-state index contributed by atoms with van der Waals surface area (Å²) < 4.78 is 28.9. The second-order valence-corrected chi connectivity index (χ2v) is 8.26. The summed E-state index contributed by atoms with van der Waals surface area (Å²) in [5.41, 5.74) is 0.466. The molecule has 1 amide bonds. The molecule has 0 saturated carbocycles. The molecule has 0 radical (unpaired) electrons. The number of carbonyl (C=O) groups is 1. The molecule has 2 fully saturated rings. The molecule has 1 aromatic rings. The molecular formula is C14H16ClNO4S. The van der Waals surface area contributed by atoms with Gasteiger partial charge in [0.2, 0.25) is 0 Å². The summed E-state index contributed by atoms with van der Waals surface area (Å²) >= 11 is 5.95. The molecule has 3 rings (SSSR count). The zero-order valence-electron chi connectivity index (χ0n) is 11.6. The van der Waals surface area contributed by atoms with Gasteiger partial charge < -0.3 is 9.64 Å². The number of fused-ring (bicyclic) bond motifs is 1. The molecule has 5 nitrogen and oxygen atoms in total. The first-order valence-corrected chi connectivity index (χ1v) is 8.86. The minimum Gasteiger partial charge on any atom is -0.495 e. The first-order valence-electron chi connectivity index (χ1n) is 6.77. The van der Waals surface area contributed by atoms with Gasteiger partial charge in [-0.1, -0.05) is 11.6 Å². The number of rotatable bonds is 2. The number of hydrogen-bond acceptors (Lipinski definition) is 4. The number of benzene rings is 1. The highest BCUT2D eigenvalue weighted by Gasteiger charge is 2.47. The molecule has 2 saturated heterocycles. The molecule has 0 unspecified atom stereocenters. The number of hydrogen-bond donors (Lipinski definition) is 0. The van der Waals surface area contributed by atoms with E-state index in [1.807, 2.05) is 0 Å². The Kier molecular flexibility index (Phi) is 3.61. The van der Waals surface area contributed by atoms with Gasteiger partial charge in [0.15, 0.2) is 9.84 Å². The fourth-order valence-electron chi connectivity index (χ4n) is 3.13. The van der Waals surface area contributed by atoms with Crippen molar-refractivity contribution < 1.29 is 17.9 Å². The van der Waals surface area contributed by atoms with Gasteiger partial charge in [0.25, 0.3) is 5.91 Å². The quantitative estimate of drug-likeness (QED) is 0.827. The van der Waals surface area contributed by atoms with Crippen LogP contribution in [0.3, 0.4) is 0 Å². The maximum atomic E-state index is 12.5. The van der Waals surface area contributed by atoms with Gasteiger partial charge in [-0.2, -0.15) is 0 Å². The van der Waals surface area contributed by atoms with Crippen molar-refractivity contribution in [3.63, 3.8) is 0 Å². The van der Waals surface area contributed by atoms with E-state index < -0.39 is 15.1 Å². The van der Waals surface area contributed by atoms with Crippen molar-refractivity contribution in [3.8, 4) is 5.75 Å². The van der Waals surface area contributed by atoms with E-state index >= 15 is 0 Å². The van der Waals surface area contributed by atoms with Crippen molar-refractivity contribution in [2.45, 2.75) is 11.7 Å². The van der Waals surface area contributed by atoms with Crippen LogP contribution in [0.4, 0.5) is 0 Å². The van der Waals surface area contributed by atoms with Crippen LogP contribution in [0.25, 0.3) is 0 Å². The molecule has 7 heteroatoms. The third kappa shape index (κ3) is 2.51. The maximum absolute atomic E-state index is 12.5. The molecule has 2 atom stereocenters. The zero-order chi connectivity index (χ0) is 15.2. The van der Waals surface area contributed by atoms with Crippen LogP contribution in [0.1, 0.15) is 16.8 Å². The van der Waals surface area contributed by atoms with Gasteiger partial charge in [-0.3, -0.25) is 4.79 Å². The number of sulfone groups is 1. The summed E-state index contributed by atoms with van der Waals surface area (Å²) in [5.74, 6) is 0.594. The zero-order valence-corrected chi connectivity index (χ0v) is 13.2. The van der Waals surface area contributed by atoms with Gasteiger partial charge >= 0.3 is 0 Å². The van der Waals surface area contributed by atoms with Crippen molar-refractivity contribution in [2.24, 2.45) is 5.92 Å². The second-order valence-electron chi connectivity index (χ2n) is 5.51. The topological polar surface area (TPSA) is 63.7 Å². The summed E-state index contributed by atoms with van der Waals surface area (Å²) in [7, 11) is -1.54. The van der Waals surface area contributed by atoms with Gasteiger partial charge in [0.05, 0.1) is 23.1 Å². The van der Waals surface area contributed by atoms with Crippen molar-refractivity contribution in [3.05, 3.63) is 28.8 Å². The lowest BCUT2D eigenvalue weighted by Gasteiger charge is -2.17. The third-order valence-electron chi connectivity index (χ3n) is 4.30. The molecule has 2 aliphatic rings. The van der Waals surface area contributed by atoms with E-state index in [1.54, 1.807) is 23.1 Å². The smallest absolute Gasteiger partial charge is 0.254 e. The molecule has 0 spiro atoms.